The van der Waals surface area contributed by atoms with E-state index in [4.69, 9.17) is 5.11 Å². The van der Waals surface area contributed by atoms with Crippen molar-refractivity contribution in [2.24, 2.45) is 0 Å². The molecule has 0 saturated heterocycles. The Hall–Kier alpha value is -2.37. The summed E-state index contributed by atoms with van der Waals surface area (Å²) in [5.74, 6) is -0.813. The van der Waals surface area contributed by atoms with E-state index in [-0.39, 0.29) is 11.5 Å². The molecule has 0 spiro atoms. The lowest BCUT2D eigenvalue weighted by atomic mass is 9.90. The van der Waals surface area contributed by atoms with Gasteiger partial charge in [-0.15, -0.1) is 0 Å². The van der Waals surface area contributed by atoms with Gasteiger partial charge in [-0.3, -0.25) is 9.48 Å². The van der Waals surface area contributed by atoms with Gasteiger partial charge in [0.25, 0.3) is 0 Å². The van der Waals surface area contributed by atoms with Crippen LogP contribution in [0.25, 0.3) is 10.9 Å². The number of benzene rings is 1. The molecule has 1 heterocycles. The van der Waals surface area contributed by atoms with Crippen LogP contribution in [0.1, 0.15) is 49.0 Å². The molecule has 1 aliphatic rings. The van der Waals surface area contributed by atoms with Crippen molar-refractivity contribution in [1.29, 1.82) is 0 Å². The number of aromatic nitrogens is 2. The number of nitrogens with zero attached hydrogens (tertiary/aromatic N) is 3. The third-order valence-corrected chi connectivity index (χ3v) is 4.85. The first kappa shape index (κ1) is 15.5. The molecule has 3 rings (SSSR count). The second-order valence-electron chi connectivity index (χ2n) is 6.28. The monoisotopic (exact) mass is 315 g/mol. The Kier molecular flexibility index (Phi) is 4.07. The maximum Gasteiger partial charge on any atom is 0.335 e. The second kappa shape index (κ2) is 6.02. The van der Waals surface area contributed by atoms with E-state index < -0.39 is 5.97 Å². The minimum Gasteiger partial charge on any atom is -0.478 e. The first-order valence-corrected chi connectivity index (χ1v) is 7.91. The van der Waals surface area contributed by atoms with Crippen LogP contribution in [0.5, 0.6) is 0 Å². The Bertz CT molecular complexity index is 745. The van der Waals surface area contributed by atoms with E-state index in [0.29, 0.717) is 12.1 Å². The summed E-state index contributed by atoms with van der Waals surface area (Å²) in [6.45, 7) is 1.60. The van der Waals surface area contributed by atoms with Crippen LogP contribution >= 0.6 is 0 Å². The highest BCUT2D eigenvalue weighted by Crippen LogP contribution is 2.31. The average Bonchev–Trinajstić information content (AvgIpc) is 2.97. The molecule has 6 heteroatoms. The topological polar surface area (TPSA) is 75.4 Å². The Morgan fingerprint density at radius 3 is 2.57 bits per heavy atom. The molecule has 1 amide bonds. The van der Waals surface area contributed by atoms with Gasteiger partial charge in [0.15, 0.2) is 0 Å². The van der Waals surface area contributed by atoms with Gasteiger partial charge in [0.05, 0.1) is 17.1 Å². The first-order chi connectivity index (χ1) is 11.0. The minimum absolute atomic E-state index is 0.111. The number of hydrogen-bond acceptors (Lipinski definition) is 3. The summed E-state index contributed by atoms with van der Waals surface area (Å²) >= 11 is 0. The molecule has 1 aromatic heterocycles. The van der Waals surface area contributed by atoms with Crippen molar-refractivity contribution < 1.29 is 14.7 Å². The van der Waals surface area contributed by atoms with E-state index in [1.54, 1.807) is 25.1 Å². The summed E-state index contributed by atoms with van der Waals surface area (Å²) in [6.07, 6.45) is 5.82. The van der Waals surface area contributed by atoms with E-state index in [2.05, 4.69) is 5.10 Å². The number of amides is 1. The molecule has 0 radical (unpaired) electrons. The molecule has 0 bridgehead atoms. The zero-order chi connectivity index (χ0) is 16.6. The van der Waals surface area contributed by atoms with Gasteiger partial charge >= 0.3 is 5.97 Å². The maximum atomic E-state index is 11.5. The molecule has 1 aromatic carbocycles. The summed E-state index contributed by atoms with van der Waals surface area (Å²) in [5, 5.41) is 14.5. The SMILES string of the molecule is CC(=O)N(C)C1CCC(n2cc3cc(C(=O)O)ccc3n2)CC1. The molecule has 1 saturated carbocycles. The molecule has 2 aromatic rings. The normalized spacial score (nSPS) is 21.3. The molecule has 1 aliphatic carbocycles. The number of carboxylic acids is 1. The Labute approximate surface area is 134 Å². The van der Waals surface area contributed by atoms with Gasteiger partial charge in [0, 0.05) is 31.6 Å². The zero-order valence-corrected chi connectivity index (χ0v) is 13.4. The summed E-state index contributed by atoms with van der Waals surface area (Å²) in [6, 6.07) is 5.63. The quantitative estimate of drug-likeness (QED) is 0.945. The van der Waals surface area contributed by atoms with Gasteiger partial charge in [-0.25, -0.2) is 4.79 Å². The van der Waals surface area contributed by atoms with Crippen LogP contribution in [-0.4, -0.2) is 44.8 Å². The highest BCUT2D eigenvalue weighted by Gasteiger charge is 2.26. The Morgan fingerprint density at radius 1 is 1.26 bits per heavy atom. The third kappa shape index (κ3) is 3.06. The van der Waals surface area contributed by atoms with Crippen LogP contribution in [-0.2, 0) is 4.79 Å². The lowest BCUT2D eigenvalue weighted by Crippen LogP contribution is -2.38. The lowest BCUT2D eigenvalue weighted by molar-refractivity contribution is -0.130. The van der Waals surface area contributed by atoms with Crippen molar-refractivity contribution in [1.82, 2.24) is 14.7 Å². The fraction of sp³-hybridized carbons (Fsp3) is 0.471. The molecule has 1 fully saturated rings. The molecule has 0 unspecified atom stereocenters. The van der Waals surface area contributed by atoms with Crippen LogP contribution in [0.4, 0.5) is 0 Å². The summed E-state index contributed by atoms with van der Waals surface area (Å²) < 4.78 is 1.96. The molecule has 1 N–H and O–H groups in total. The number of aromatic carboxylic acids is 1. The summed E-state index contributed by atoms with van der Waals surface area (Å²) in [4.78, 5) is 24.3. The summed E-state index contributed by atoms with van der Waals surface area (Å²) in [7, 11) is 1.86. The van der Waals surface area contributed by atoms with E-state index in [1.165, 1.54) is 0 Å². The van der Waals surface area contributed by atoms with Crippen molar-refractivity contribution in [3.05, 3.63) is 30.0 Å². The van der Waals surface area contributed by atoms with Crippen molar-refractivity contribution in [3.63, 3.8) is 0 Å². The Balaban J connectivity index is 1.74. The van der Waals surface area contributed by atoms with Gasteiger partial charge in [-0.1, -0.05) is 0 Å². The van der Waals surface area contributed by atoms with E-state index in [1.807, 2.05) is 22.8 Å². The van der Waals surface area contributed by atoms with Crippen LogP contribution in [0.3, 0.4) is 0 Å². The van der Waals surface area contributed by atoms with E-state index in [9.17, 15) is 9.59 Å². The number of fused-ring (bicyclic) bond motifs is 1. The van der Waals surface area contributed by atoms with Gasteiger partial charge < -0.3 is 10.0 Å². The molecule has 0 aliphatic heterocycles. The molecule has 122 valence electrons. The summed E-state index contributed by atoms with van der Waals surface area (Å²) in [5.41, 5.74) is 1.10. The van der Waals surface area contributed by atoms with Crippen molar-refractivity contribution >= 4 is 22.8 Å². The standard InChI is InChI=1S/C17H21N3O3/c1-11(21)19(2)14-4-6-15(7-5-14)20-10-13-9-12(17(22)23)3-8-16(13)18-20/h3,8-10,14-15H,4-7H2,1-2H3,(H,22,23). The smallest absolute Gasteiger partial charge is 0.335 e. The van der Waals surface area contributed by atoms with Gasteiger partial charge in [-0.2, -0.15) is 5.10 Å². The number of hydrogen-bond donors (Lipinski definition) is 1. The van der Waals surface area contributed by atoms with Crippen LogP contribution < -0.4 is 0 Å². The average molecular weight is 315 g/mol. The third-order valence-electron chi connectivity index (χ3n) is 4.85. The van der Waals surface area contributed by atoms with Crippen molar-refractivity contribution in [2.45, 2.75) is 44.7 Å². The van der Waals surface area contributed by atoms with Crippen molar-refractivity contribution in [3.8, 4) is 0 Å². The second-order valence-corrected chi connectivity index (χ2v) is 6.28. The van der Waals surface area contributed by atoms with Gasteiger partial charge in [-0.05, 0) is 43.9 Å². The van der Waals surface area contributed by atoms with Crippen LogP contribution in [0.15, 0.2) is 24.4 Å². The largest absolute Gasteiger partial charge is 0.478 e. The first-order valence-electron chi connectivity index (χ1n) is 7.91. The van der Waals surface area contributed by atoms with Crippen LogP contribution in [0.2, 0.25) is 0 Å². The highest BCUT2D eigenvalue weighted by atomic mass is 16.4. The molecular formula is C17H21N3O3. The molecule has 6 nitrogen and oxygen atoms in total. The van der Waals surface area contributed by atoms with Crippen molar-refractivity contribution in [2.75, 3.05) is 7.05 Å². The zero-order valence-electron chi connectivity index (χ0n) is 13.4. The molecule has 0 atom stereocenters. The fourth-order valence-electron chi connectivity index (χ4n) is 3.33. The van der Waals surface area contributed by atoms with E-state index in [0.717, 1.165) is 36.6 Å². The molecule has 23 heavy (non-hydrogen) atoms. The van der Waals surface area contributed by atoms with Gasteiger partial charge in [0.2, 0.25) is 5.91 Å². The van der Waals surface area contributed by atoms with Crippen LogP contribution in [0, 0.1) is 0 Å². The maximum absolute atomic E-state index is 11.5. The molecular weight excluding hydrogens is 294 g/mol. The Morgan fingerprint density at radius 2 is 1.96 bits per heavy atom. The fourth-order valence-corrected chi connectivity index (χ4v) is 3.33. The minimum atomic E-state index is -0.924. The number of carboxylic acid groups (broad SMARTS) is 1. The predicted octanol–water partition coefficient (Wildman–Crippen LogP) is 2.70. The number of carbonyl (C=O) groups is 2. The van der Waals surface area contributed by atoms with Gasteiger partial charge in [0.1, 0.15) is 0 Å². The number of carbonyl (C=O) groups excluding carboxylic acids is 1. The lowest BCUT2D eigenvalue weighted by Gasteiger charge is -2.34. The van der Waals surface area contributed by atoms with E-state index >= 15 is 0 Å². The highest BCUT2D eigenvalue weighted by molar-refractivity contribution is 5.93. The number of rotatable bonds is 3. The predicted molar refractivity (Wildman–Crippen MR) is 86.4 cm³/mol.